The van der Waals surface area contributed by atoms with Crippen LogP contribution in [0, 0.1) is 5.82 Å². The number of hydrogen-bond acceptors (Lipinski definition) is 5. The molecule has 2 aromatic carbocycles. The first-order valence-electron chi connectivity index (χ1n) is 8.43. The number of ether oxygens (including phenoxy) is 1. The summed E-state index contributed by atoms with van der Waals surface area (Å²) in [6, 6.07) is 12.8. The van der Waals surface area contributed by atoms with Crippen molar-refractivity contribution < 1.29 is 23.8 Å². The predicted molar refractivity (Wildman–Crippen MR) is 110 cm³/mol. The fourth-order valence-corrected chi connectivity index (χ4v) is 3.81. The summed E-state index contributed by atoms with van der Waals surface area (Å²) in [6.07, 6.45) is 2.08. The highest BCUT2D eigenvalue weighted by Gasteiger charge is 2.31. The molecule has 0 aliphatic carbocycles. The number of nitrogens with zero attached hydrogens (tertiary/aromatic N) is 1. The minimum Gasteiger partial charge on any atom is -0.481 e. The lowest BCUT2D eigenvalue weighted by Crippen LogP contribution is -2.29. The molecule has 1 fully saturated rings. The third-order valence-electron chi connectivity index (χ3n) is 3.87. The molecule has 28 heavy (non-hydrogen) atoms. The van der Waals surface area contributed by atoms with Gasteiger partial charge in [-0.1, -0.05) is 36.1 Å². The molecule has 1 aliphatic heterocycles. The van der Waals surface area contributed by atoms with Gasteiger partial charge in [0, 0.05) is 13.0 Å². The SMILES string of the molecule is O=C(O)CCCN1C(=O)C(=Cc2ccc(Oc3ccc(F)cc3)cc2)SC1=S. The molecule has 0 atom stereocenters. The molecule has 144 valence electrons. The highest BCUT2D eigenvalue weighted by molar-refractivity contribution is 8.26. The van der Waals surface area contributed by atoms with Crippen LogP contribution in [0.1, 0.15) is 18.4 Å². The van der Waals surface area contributed by atoms with Crippen LogP contribution in [0.15, 0.2) is 53.4 Å². The maximum absolute atomic E-state index is 12.9. The first-order chi connectivity index (χ1) is 13.4. The van der Waals surface area contributed by atoms with E-state index in [1.165, 1.54) is 28.8 Å². The number of amides is 1. The van der Waals surface area contributed by atoms with Gasteiger partial charge in [0.15, 0.2) is 0 Å². The largest absolute Gasteiger partial charge is 0.481 e. The lowest BCUT2D eigenvalue weighted by atomic mass is 10.2. The zero-order valence-corrected chi connectivity index (χ0v) is 16.3. The minimum absolute atomic E-state index is 0.00831. The second-order valence-corrected chi connectivity index (χ2v) is 7.63. The molecular weight excluding hydrogens is 401 g/mol. The highest BCUT2D eigenvalue weighted by Crippen LogP contribution is 2.33. The Balaban J connectivity index is 1.64. The molecule has 0 bridgehead atoms. The summed E-state index contributed by atoms with van der Waals surface area (Å²) in [5.41, 5.74) is 0.803. The van der Waals surface area contributed by atoms with Gasteiger partial charge in [-0.3, -0.25) is 14.5 Å². The van der Waals surface area contributed by atoms with Crippen molar-refractivity contribution in [1.82, 2.24) is 4.90 Å². The molecule has 0 radical (unpaired) electrons. The molecule has 0 spiro atoms. The summed E-state index contributed by atoms with van der Waals surface area (Å²) in [4.78, 5) is 25.0. The summed E-state index contributed by atoms with van der Waals surface area (Å²) in [6.45, 7) is 0.290. The second-order valence-electron chi connectivity index (χ2n) is 5.96. The van der Waals surface area contributed by atoms with Crippen molar-refractivity contribution in [3.63, 3.8) is 0 Å². The maximum atomic E-state index is 12.9. The number of benzene rings is 2. The van der Waals surface area contributed by atoms with Gasteiger partial charge in [0.2, 0.25) is 0 Å². The third kappa shape index (κ3) is 5.17. The molecule has 1 N–H and O–H groups in total. The molecule has 0 saturated carbocycles. The van der Waals surface area contributed by atoms with E-state index in [9.17, 15) is 14.0 Å². The van der Waals surface area contributed by atoms with Crippen LogP contribution in [0.25, 0.3) is 6.08 Å². The van der Waals surface area contributed by atoms with Crippen molar-refractivity contribution >= 4 is 46.3 Å². The molecule has 3 rings (SSSR count). The lowest BCUT2D eigenvalue weighted by Gasteiger charge is -2.13. The van der Waals surface area contributed by atoms with Gasteiger partial charge < -0.3 is 9.84 Å². The van der Waals surface area contributed by atoms with Crippen molar-refractivity contribution in [2.24, 2.45) is 0 Å². The summed E-state index contributed by atoms with van der Waals surface area (Å²) in [5, 5.41) is 8.71. The van der Waals surface area contributed by atoms with Crippen LogP contribution in [0.3, 0.4) is 0 Å². The molecule has 0 unspecified atom stereocenters. The number of aliphatic carboxylic acids is 1. The van der Waals surface area contributed by atoms with E-state index in [-0.39, 0.29) is 18.1 Å². The molecular formula is C20H16FNO4S2. The smallest absolute Gasteiger partial charge is 0.303 e. The Hall–Kier alpha value is -2.71. The quantitative estimate of drug-likeness (QED) is 0.521. The molecule has 5 nitrogen and oxygen atoms in total. The van der Waals surface area contributed by atoms with E-state index in [0.717, 1.165) is 5.56 Å². The fourth-order valence-electron chi connectivity index (χ4n) is 2.50. The average molecular weight is 417 g/mol. The average Bonchev–Trinajstić information content (AvgIpc) is 2.92. The number of rotatable bonds is 7. The van der Waals surface area contributed by atoms with Crippen LogP contribution in [0.5, 0.6) is 11.5 Å². The van der Waals surface area contributed by atoms with Crippen LogP contribution < -0.4 is 4.74 Å². The molecule has 0 aromatic heterocycles. The van der Waals surface area contributed by atoms with Gasteiger partial charge in [-0.2, -0.15) is 0 Å². The Bertz CT molecular complexity index is 926. The van der Waals surface area contributed by atoms with Gasteiger partial charge in [0.25, 0.3) is 5.91 Å². The summed E-state index contributed by atoms with van der Waals surface area (Å²) in [5.74, 6) is -0.333. The van der Waals surface area contributed by atoms with Gasteiger partial charge in [-0.25, -0.2) is 4.39 Å². The number of carboxylic acid groups (broad SMARTS) is 1. The molecule has 1 amide bonds. The van der Waals surface area contributed by atoms with Gasteiger partial charge in [0.05, 0.1) is 4.91 Å². The van der Waals surface area contributed by atoms with Crippen LogP contribution in [-0.2, 0) is 9.59 Å². The number of thioether (sulfide) groups is 1. The Kier molecular flexibility index (Phi) is 6.43. The normalized spacial score (nSPS) is 15.3. The fraction of sp³-hybridized carbons (Fsp3) is 0.150. The first-order valence-corrected chi connectivity index (χ1v) is 9.65. The standard InChI is InChI=1S/C20H16FNO4S2/c21-14-5-9-16(10-6-14)26-15-7-3-13(4-8-15)12-17-19(25)22(20(27)28-17)11-1-2-18(23)24/h3-10,12H,1-2,11H2,(H,23,24). The van der Waals surface area contributed by atoms with Crippen molar-refractivity contribution in [2.45, 2.75) is 12.8 Å². The Labute approximate surface area is 170 Å². The molecule has 1 heterocycles. The van der Waals surface area contributed by atoms with E-state index in [1.807, 2.05) is 0 Å². The molecule has 2 aromatic rings. The second kappa shape index (κ2) is 8.99. The zero-order valence-electron chi connectivity index (χ0n) is 14.6. The van der Waals surface area contributed by atoms with Crippen LogP contribution >= 0.6 is 24.0 Å². The number of carboxylic acids is 1. The van der Waals surface area contributed by atoms with Gasteiger partial charge in [-0.15, -0.1) is 0 Å². The van der Waals surface area contributed by atoms with Crippen LogP contribution in [0.4, 0.5) is 4.39 Å². The first kappa shape index (κ1) is 20.0. The monoisotopic (exact) mass is 417 g/mol. The van der Waals surface area contributed by atoms with Crippen molar-refractivity contribution in [2.75, 3.05) is 6.54 Å². The Morgan fingerprint density at radius 3 is 2.36 bits per heavy atom. The Morgan fingerprint density at radius 1 is 1.14 bits per heavy atom. The topological polar surface area (TPSA) is 66.8 Å². The number of carbonyl (C=O) groups is 2. The van der Waals surface area contributed by atoms with Crippen LogP contribution in [-0.4, -0.2) is 32.7 Å². The lowest BCUT2D eigenvalue weighted by molar-refractivity contribution is -0.137. The van der Waals surface area contributed by atoms with E-state index < -0.39 is 5.97 Å². The highest BCUT2D eigenvalue weighted by atomic mass is 32.2. The van der Waals surface area contributed by atoms with E-state index in [2.05, 4.69) is 0 Å². The number of carbonyl (C=O) groups excluding carboxylic acids is 1. The zero-order chi connectivity index (χ0) is 20.1. The Morgan fingerprint density at radius 2 is 1.75 bits per heavy atom. The number of hydrogen-bond donors (Lipinski definition) is 1. The third-order valence-corrected chi connectivity index (χ3v) is 5.25. The van der Waals surface area contributed by atoms with Crippen molar-refractivity contribution in [3.05, 3.63) is 64.8 Å². The van der Waals surface area contributed by atoms with Gasteiger partial charge >= 0.3 is 5.97 Å². The van der Waals surface area contributed by atoms with E-state index in [0.29, 0.717) is 33.7 Å². The summed E-state index contributed by atoms with van der Waals surface area (Å²) >= 11 is 6.42. The van der Waals surface area contributed by atoms with E-state index >= 15 is 0 Å². The molecule has 1 aliphatic rings. The van der Waals surface area contributed by atoms with Crippen LogP contribution in [0.2, 0.25) is 0 Å². The molecule has 1 saturated heterocycles. The number of thiocarbonyl (C=S) groups is 1. The number of halogens is 1. The summed E-state index contributed by atoms with van der Waals surface area (Å²) < 4.78 is 19.0. The van der Waals surface area contributed by atoms with Crippen molar-refractivity contribution in [3.8, 4) is 11.5 Å². The predicted octanol–water partition coefficient (Wildman–Crippen LogP) is 4.68. The minimum atomic E-state index is -0.899. The molecule has 8 heteroatoms. The van der Waals surface area contributed by atoms with E-state index in [1.54, 1.807) is 42.5 Å². The van der Waals surface area contributed by atoms with Crippen molar-refractivity contribution in [1.29, 1.82) is 0 Å². The van der Waals surface area contributed by atoms with E-state index in [4.69, 9.17) is 22.1 Å². The van der Waals surface area contributed by atoms with Gasteiger partial charge in [0.1, 0.15) is 21.6 Å². The van der Waals surface area contributed by atoms with Gasteiger partial charge in [-0.05, 0) is 54.5 Å². The maximum Gasteiger partial charge on any atom is 0.303 e. The summed E-state index contributed by atoms with van der Waals surface area (Å²) in [7, 11) is 0.